The number of rotatable bonds is 3. The Kier molecular flexibility index (Phi) is 4.44. The van der Waals surface area contributed by atoms with Gasteiger partial charge >= 0.3 is 6.36 Å². The third kappa shape index (κ3) is 3.49. The molecule has 0 amide bonds. The Hall–Kier alpha value is -1.72. The lowest BCUT2D eigenvalue weighted by Crippen LogP contribution is -2.18. The summed E-state index contributed by atoms with van der Waals surface area (Å²) in [6.45, 7) is 0. The van der Waals surface area contributed by atoms with E-state index in [0.29, 0.717) is 11.1 Å². The maximum absolute atomic E-state index is 12.4. The maximum atomic E-state index is 12.4. The number of carbonyl (C=O) groups is 1. The topological polar surface area (TPSA) is 26.3 Å². The highest BCUT2D eigenvalue weighted by Crippen LogP contribution is 2.42. The van der Waals surface area contributed by atoms with E-state index in [9.17, 15) is 18.0 Å². The molecule has 0 aliphatic carbocycles. The van der Waals surface area contributed by atoms with Gasteiger partial charge in [0.05, 0.1) is 15.6 Å². The summed E-state index contributed by atoms with van der Waals surface area (Å²) < 4.78 is 40.8. The summed E-state index contributed by atoms with van der Waals surface area (Å²) in [5.74, 6) is -0.802. The molecule has 110 valence electrons. The molecule has 0 spiro atoms. The van der Waals surface area contributed by atoms with Gasteiger partial charge in [-0.05, 0) is 11.6 Å². The molecule has 0 aliphatic rings. The Balaban J connectivity index is 2.63. The van der Waals surface area contributed by atoms with Gasteiger partial charge in [0.1, 0.15) is 0 Å². The summed E-state index contributed by atoms with van der Waals surface area (Å²) in [4.78, 5) is 11.1. The van der Waals surface area contributed by atoms with Crippen LogP contribution in [0.1, 0.15) is 10.4 Å². The minimum atomic E-state index is -4.97. The molecule has 0 bridgehead atoms. The normalized spacial score (nSPS) is 11.3. The zero-order valence-electron chi connectivity index (χ0n) is 10.2. The molecular formula is C14H7Cl2F3O2. The van der Waals surface area contributed by atoms with Crippen molar-refractivity contribution in [3.8, 4) is 16.9 Å². The van der Waals surface area contributed by atoms with Gasteiger partial charge in [0, 0.05) is 5.56 Å². The molecule has 0 saturated carbocycles. The second-order valence-electron chi connectivity index (χ2n) is 3.99. The lowest BCUT2D eigenvalue weighted by molar-refractivity contribution is -0.274. The van der Waals surface area contributed by atoms with Crippen molar-refractivity contribution < 1.29 is 22.7 Å². The van der Waals surface area contributed by atoms with Gasteiger partial charge in [-0.15, -0.1) is 13.2 Å². The van der Waals surface area contributed by atoms with E-state index in [0.717, 1.165) is 0 Å². The minimum absolute atomic E-state index is 0.153. The fraction of sp³-hybridized carbons (Fsp3) is 0.0714. The quantitative estimate of drug-likeness (QED) is 0.705. The smallest absolute Gasteiger partial charge is 0.403 e. The maximum Gasteiger partial charge on any atom is 0.573 e. The molecule has 0 fully saturated rings. The van der Waals surface area contributed by atoms with Crippen LogP contribution >= 0.6 is 23.2 Å². The van der Waals surface area contributed by atoms with Crippen molar-refractivity contribution in [2.75, 3.05) is 0 Å². The lowest BCUT2D eigenvalue weighted by Gasteiger charge is -2.15. The number of aldehydes is 1. The molecule has 7 heteroatoms. The molecule has 0 N–H and O–H groups in total. The monoisotopic (exact) mass is 334 g/mol. The minimum Gasteiger partial charge on any atom is -0.403 e. The van der Waals surface area contributed by atoms with E-state index in [2.05, 4.69) is 4.74 Å². The van der Waals surface area contributed by atoms with Gasteiger partial charge in [0.2, 0.25) is 0 Å². The van der Waals surface area contributed by atoms with Crippen molar-refractivity contribution in [1.82, 2.24) is 0 Å². The summed E-state index contributed by atoms with van der Waals surface area (Å²) in [6.07, 6.45) is -4.79. The molecule has 0 aromatic heterocycles. The highest BCUT2D eigenvalue weighted by Gasteiger charge is 2.34. The molecule has 2 aromatic rings. The van der Waals surface area contributed by atoms with Crippen LogP contribution in [0.2, 0.25) is 10.0 Å². The molecule has 2 aromatic carbocycles. The first-order valence-corrected chi connectivity index (χ1v) is 6.37. The first-order valence-electron chi connectivity index (χ1n) is 5.62. The molecule has 0 radical (unpaired) electrons. The van der Waals surface area contributed by atoms with Gasteiger partial charge < -0.3 is 4.74 Å². The van der Waals surface area contributed by atoms with Crippen LogP contribution in [-0.4, -0.2) is 12.6 Å². The van der Waals surface area contributed by atoms with Crippen LogP contribution in [-0.2, 0) is 0 Å². The first kappa shape index (κ1) is 15.7. The molecule has 0 saturated heterocycles. The summed E-state index contributed by atoms with van der Waals surface area (Å²) in [5, 5.41) is -0.502. The third-order valence-electron chi connectivity index (χ3n) is 2.63. The Morgan fingerprint density at radius 2 is 1.71 bits per heavy atom. The summed E-state index contributed by atoms with van der Waals surface area (Å²) in [6, 6.07) is 9.82. The van der Waals surface area contributed by atoms with Crippen LogP contribution in [0.5, 0.6) is 5.75 Å². The molecule has 0 aliphatic heterocycles. The van der Waals surface area contributed by atoms with Crippen LogP contribution in [0.4, 0.5) is 13.2 Å². The summed E-state index contributed by atoms with van der Waals surface area (Å²) >= 11 is 11.8. The van der Waals surface area contributed by atoms with Gasteiger partial charge in [0.15, 0.2) is 12.0 Å². The van der Waals surface area contributed by atoms with Crippen LogP contribution in [0.25, 0.3) is 11.1 Å². The molecule has 2 nitrogen and oxygen atoms in total. The number of benzene rings is 2. The van der Waals surface area contributed by atoms with Crippen LogP contribution in [0.15, 0.2) is 36.4 Å². The lowest BCUT2D eigenvalue weighted by atomic mass is 10.0. The predicted octanol–water partition coefficient (Wildman–Crippen LogP) is 5.37. The van der Waals surface area contributed by atoms with Crippen LogP contribution in [0, 0.1) is 0 Å². The second-order valence-corrected chi connectivity index (χ2v) is 4.78. The molecule has 2 rings (SSSR count). The standard InChI is InChI=1S/C14H7Cl2F3O2/c15-11-6-9(8-4-2-1-3-5-8)12(16)10(7-20)13(11)21-14(17,18)19/h1-7H. The van der Waals surface area contributed by atoms with Gasteiger partial charge in [0.25, 0.3) is 0 Å². The Morgan fingerprint density at radius 3 is 2.24 bits per heavy atom. The number of alkyl halides is 3. The Labute approximate surface area is 128 Å². The van der Waals surface area contributed by atoms with E-state index in [-0.39, 0.29) is 16.3 Å². The second kappa shape index (κ2) is 5.95. The molecule has 0 unspecified atom stereocenters. The van der Waals surface area contributed by atoms with Crippen molar-refractivity contribution in [3.63, 3.8) is 0 Å². The van der Waals surface area contributed by atoms with E-state index >= 15 is 0 Å². The van der Waals surface area contributed by atoms with Crippen molar-refractivity contribution >= 4 is 29.5 Å². The zero-order valence-corrected chi connectivity index (χ0v) is 11.8. The Bertz CT molecular complexity index is 670. The SMILES string of the molecule is O=Cc1c(Cl)c(-c2ccccc2)cc(Cl)c1OC(F)(F)F. The Morgan fingerprint density at radius 1 is 1.10 bits per heavy atom. The summed E-state index contributed by atoms with van der Waals surface area (Å²) in [5.41, 5.74) is 0.519. The molecular weight excluding hydrogens is 328 g/mol. The molecule has 0 heterocycles. The number of carbonyl (C=O) groups excluding carboxylic acids is 1. The van der Waals surface area contributed by atoms with Gasteiger partial charge in [-0.3, -0.25) is 4.79 Å². The van der Waals surface area contributed by atoms with Crippen molar-refractivity contribution in [3.05, 3.63) is 52.0 Å². The van der Waals surface area contributed by atoms with Crippen molar-refractivity contribution in [2.45, 2.75) is 6.36 Å². The van der Waals surface area contributed by atoms with E-state index in [1.807, 2.05) is 0 Å². The number of hydrogen-bond acceptors (Lipinski definition) is 2. The fourth-order valence-corrected chi connectivity index (χ4v) is 2.33. The van der Waals surface area contributed by atoms with Gasteiger partial charge in [-0.25, -0.2) is 0 Å². The van der Waals surface area contributed by atoms with Gasteiger partial charge in [-0.1, -0.05) is 53.5 Å². The van der Waals surface area contributed by atoms with Crippen LogP contribution in [0.3, 0.4) is 0 Å². The highest BCUT2D eigenvalue weighted by atomic mass is 35.5. The van der Waals surface area contributed by atoms with Crippen LogP contribution < -0.4 is 4.74 Å². The molecule has 0 atom stereocenters. The van der Waals surface area contributed by atoms with E-state index in [1.165, 1.54) is 6.07 Å². The van der Waals surface area contributed by atoms with Crippen molar-refractivity contribution in [1.29, 1.82) is 0 Å². The first-order chi connectivity index (χ1) is 9.83. The molecule has 21 heavy (non-hydrogen) atoms. The predicted molar refractivity (Wildman–Crippen MR) is 74.0 cm³/mol. The van der Waals surface area contributed by atoms with Crippen molar-refractivity contribution in [2.24, 2.45) is 0 Å². The summed E-state index contributed by atoms with van der Waals surface area (Å²) in [7, 11) is 0. The zero-order chi connectivity index (χ0) is 15.6. The third-order valence-corrected chi connectivity index (χ3v) is 3.31. The fourth-order valence-electron chi connectivity index (χ4n) is 1.78. The van der Waals surface area contributed by atoms with E-state index in [1.54, 1.807) is 30.3 Å². The highest BCUT2D eigenvalue weighted by molar-refractivity contribution is 6.38. The van der Waals surface area contributed by atoms with E-state index < -0.39 is 17.7 Å². The number of halogens is 5. The average molecular weight is 335 g/mol. The average Bonchev–Trinajstić information content (AvgIpc) is 2.42. The number of hydrogen-bond donors (Lipinski definition) is 0. The largest absolute Gasteiger partial charge is 0.573 e. The number of ether oxygens (including phenoxy) is 1. The van der Waals surface area contributed by atoms with Gasteiger partial charge in [-0.2, -0.15) is 0 Å². The van der Waals surface area contributed by atoms with E-state index in [4.69, 9.17) is 23.2 Å².